The molecule has 1 aliphatic rings. The van der Waals surface area contributed by atoms with Crippen molar-refractivity contribution in [2.75, 3.05) is 6.61 Å². The first-order valence-corrected chi connectivity index (χ1v) is 9.93. The fraction of sp³-hybridized carbons (Fsp3) is 0.500. The van der Waals surface area contributed by atoms with Crippen molar-refractivity contribution in [2.24, 2.45) is 0 Å². The Morgan fingerprint density at radius 3 is 2.22 bits per heavy atom. The van der Waals surface area contributed by atoms with Gasteiger partial charge < -0.3 is 9.47 Å². The molecular formula is C22H28N2O3. The minimum atomic E-state index is -0.263. The molecule has 1 heterocycles. The van der Waals surface area contributed by atoms with Crippen molar-refractivity contribution in [1.29, 1.82) is 0 Å². The number of aromatic nitrogens is 2. The maximum atomic E-state index is 12.4. The van der Waals surface area contributed by atoms with Gasteiger partial charge in [0.1, 0.15) is 6.10 Å². The van der Waals surface area contributed by atoms with E-state index in [1.165, 1.54) is 0 Å². The van der Waals surface area contributed by atoms with Crippen molar-refractivity contribution in [2.45, 2.75) is 64.6 Å². The van der Waals surface area contributed by atoms with Crippen LogP contribution in [0.4, 0.5) is 0 Å². The van der Waals surface area contributed by atoms with E-state index < -0.39 is 0 Å². The Labute approximate surface area is 161 Å². The molecule has 0 atom stereocenters. The highest BCUT2D eigenvalue weighted by atomic mass is 16.5. The molecule has 0 aliphatic heterocycles. The van der Waals surface area contributed by atoms with E-state index in [1.807, 2.05) is 31.5 Å². The predicted molar refractivity (Wildman–Crippen MR) is 105 cm³/mol. The first-order valence-electron chi connectivity index (χ1n) is 9.93. The van der Waals surface area contributed by atoms with Gasteiger partial charge in [0, 0.05) is 24.6 Å². The van der Waals surface area contributed by atoms with E-state index in [2.05, 4.69) is 16.9 Å². The van der Waals surface area contributed by atoms with Gasteiger partial charge in [0.25, 0.3) is 0 Å². The van der Waals surface area contributed by atoms with Gasteiger partial charge in [-0.05, 0) is 56.7 Å². The normalized spacial score (nSPS) is 19.6. The van der Waals surface area contributed by atoms with Crippen LogP contribution in [0.25, 0.3) is 11.4 Å². The van der Waals surface area contributed by atoms with Gasteiger partial charge in [-0.1, -0.05) is 25.5 Å². The minimum Gasteiger partial charge on any atom is -0.459 e. The number of nitrogens with zero attached hydrogens (tertiary/aromatic N) is 2. The van der Waals surface area contributed by atoms with Crippen LogP contribution < -0.4 is 0 Å². The second-order valence-electron chi connectivity index (χ2n) is 7.00. The Morgan fingerprint density at radius 1 is 1.00 bits per heavy atom. The summed E-state index contributed by atoms with van der Waals surface area (Å²) in [7, 11) is 0. The second kappa shape index (κ2) is 9.60. The Balaban J connectivity index is 1.56. The van der Waals surface area contributed by atoms with Crippen LogP contribution in [0.1, 0.15) is 61.9 Å². The van der Waals surface area contributed by atoms with Crippen LogP contribution in [-0.4, -0.2) is 34.8 Å². The topological polar surface area (TPSA) is 61.3 Å². The highest BCUT2D eigenvalue weighted by Gasteiger charge is 2.24. The van der Waals surface area contributed by atoms with Gasteiger partial charge in [-0.15, -0.1) is 0 Å². The third-order valence-electron chi connectivity index (χ3n) is 4.92. The van der Waals surface area contributed by atoms with Crippen LogP contribution in [-0.2, 0) is 15.9 Å². The zero-order valence-corrected chi connectivity index (χ0v) is 16.2. The monoisotopic (exact) mass is 368 g/mol. The Bertz CT molecular complexity index is 720. The molecule has 0 radical (unpaired) electrons. The molecule has 5 nitrogen and oxygen atoms in total. The first-order chi connectivity index (χ1) is 13.2. The highest BCUT2D eigenvalue weighted by Crippen LogP contribution is 2.24. The number of carbonyl (C=O) groups is 1. The summed E-state index contributed by atoms with van der Waals surface area (Å²) in [6.07, 6.45) is 9.74. The van der Waals surface area contributed by atoms with Gasteiger partial charge in [0.2, 0.25) is 0 Å². The van der Waals surface area contributed by atoms with E-state index in [0.717, 1.165) is 56.3 Å². The largest absolute Gasteiger partial charge is 0.459 e. The molecule has 0 amide bonds. The van der Waals surface area contributed by atoms with E-state index in [-0.39, 0.29) is 12.1 Å². The third kappa shape index (κ3) is 5.36. The molecule has 1 fully saturated rings. The number of ether oxygens (including phenoxy) is 2. The Kier molecular flexibility index (Phi) is 6.93. The molecule has 27 heavy (non-hydrogen) atoms. The molecule has 0 unspecified atom stereocenters. The standard InChI is InChI=1S/C22H28N2O3/c1-3-5-16-14-23-21(24-15-16)17-6-8-18(9-7-17)22(25)27-20-12-10-19(11-13-20)26-4-2/h6-9,14-15,19-20H,3-5,10-13H2,1-2H3. The van der Waals surface area contributed by atoms with Crippen molar-refractivity contribution in [3.05, 3.63) is 47.8 Å². The van der Waals surface area contributed by atoms with E-state index in [1.54, 1.807) is 12.1 Å². The van der Waals surface area contributed by atoms with Gasteiger partial charge in [0.15, 0.2) is 5.82 Å². The molecular weight excluding hydrogens is 340 g/mol. The number of rotatable bonds is 7. The van der Waals surface area contributed by atoms with Crippen LogP contribution >= 0.6 is 0 Å². The van der Waals surface area contributed by atoms with E-state index in [0.29, 0.717) is 17.5 Å². The quantitative estimate of drug-likeness (QED) is 0.668. The van der Waals surface area contributed by atoms with Crippen molar-refractivity contribution < 1.29 is 14.3 Å². The second-order valence-corrected chi connectivity index (χ2v) is 7.00. The summed E-state index contributed by atoms with van der Waals surface area (Å²) >= 11 is 0. The average molecular weight is 368 g/mol. The zero-order chi connectivity index (χ0) is 19.1. The third-order valence-corrected chi connectivity index (χ3v) is 4.92. The lowest BCUT2D eigenvalue weighted by Gasteiger charge is -2.28. The summed E-state index contributed by atoms with van der Waals surface area (Å²) in [5.74, 6) is 0.407. The average Bonchev–Trinajstić information content (AvgIpc) is 2.71. The number of aryl methyl sites for hydroxylation is 1. The molecule has 2 aromatic rings. The Morgan fingerprint density at radius 2 is 1.63 bits per heavy atom. The number of esters is 1. The number of hydrogen-bond donors (Lipinski definition) is 0. The zero-order valence-electron chi connectivity index (χ0n) is 16.2. The summed E-state index contributed by atoms with van der Waals surface area (Å²) in [6.45, 7) is 4.89. The predicted octanol–water partition coefficient (Wildman–Crippen LogP) is 4.60. The summed E-state index contributed by atoms with van der Waals surface area (Å²) < 4.78 is 11.3. The van der Waals surface area contributed by atoms with Crippen LogP contribution in [0.15, 0.2) is 36.7 Å². The summed E-state index contributed by atoms with van der Waals surface area (Å²) in [5, 5.41) is 0. The molecule has 0 saturated heterocycles. The van der Waals surface area contributed by atoms with Crippen molar-refractivity contribution in [3.63, 3.8) is 0 Å². The molecule has 144 valence electrons. The molecule has 1 saturated carbocycles. The van der Waals surface area contributed by atoms with Crippen molar-refractivity contribution >= 4 is 5.97 Å². The van der Waals surface area contributed by atoms with Crippen LogP contribution in [0.3, 0.4) is 0 Å². The summed E-state index contributed by atoms with van der Waals surface area (Å²) in [4.78, 5) is 21.2. The molecule has 5 heteroatoms. The van der Waals surface area contributed by atoms with Gasteiger partial charge in [0.05, 0.1) is 11.7 Å². The minimum absolute atomic E-state index is 0.0108. The van der Waals surface area contributed by atoms with Gasteiger partial charge in [-0.3, -0.25) is 0 Å². The van der Waals surface area contributed by atoms with Crippen molar-refractivity contribution in [3.8, 4) is 11.4 Å². The molecule has 1 aromatic heterocycles. The van der Waals surface area contributed by atoms with Gasteiger partial charge in [-0.25, -0.2) is 14.8 Å². The molecule has 0 spiro atoms. The fourth-order valence-electron chi connectivity index (χ4n) is 3.45. The lowest BCUT2D eigenvalue weighted by atomic mass is 9.95. The van der Waals surface area contributed by atoms with Crippen LogP contribution in [0.2, 0.25) is 0 Å². The fourth-order valence-corrected chi connectivity index (χ4v) is 3.45. The SMILES string of the molecule is CCCc1cnc(-c2ccc(C(=O)OC3CCC(OCC)CC3)cc2)nc1. The number of hydrogen-bond acceptors (Lipinski definition) is 5. The molecule has 0 bridgehead atoms. The number of benzene rings is 1. The summed E-state index contributed by atoms with van der Waals surface area (Å²) in [6, 6.07) is 7.31. The maximum absolute atomic E-state index is 12.4. The Hall–Kier alpha value is -2.27. The molecule has 0 N–H and O–H groups in total. The first kappa shape index (κ1) is 19.5. The number of carbonyl (C=O) groups excluding carboxylic acids is 1. The molecule has 1 aliphatic carbocycles. The van der Waals surface area contributed by atoms with Gasteiger partial charge >= 0.3 is 5.97 Å². The van der Waals surface area contributed by atoms with Crippen molar-refractivity contribution in [1.82, 2.24) is 9.97 Å². The summed E-state index contributed by atoms with van der Waals surface area (Å²) in [5.41, 5.74) is 2.60. The lowest BCUT2D eigenvalue weighted by molar-refractivity contribution is -0.0163. The van der Waals surface area contributed by atoms with E-state index in [9.17, 15) is 4.79 Å². The molecule has 3 rings (SSSR count). The molecule has 1 aromatic carbocycles. The maximum Gasteiger partial charge on any atom is 0.338 e. The van der Waals surface area contributed by atoms with Crippen LogP contribution in [0.5, 0.6) is 0 Å². The lowest BCUT2D eigenvalue weighted by Crippen LogP contribution is -2.28. The van der Waals surface area contributed by atoms with E-state index >= 15 is 0 Å². The van der Waals surface area contributed by atoms with Gasteiger partial charge in [-0.2, -0.15) is 0 Å². The smallest absolute Gasteiger partial charge is 0.338 e. The van der Waals surface area contributed by atoms with E-state index in [4.69, 9.17) is 9.47 Å². The highest BCUT2D eigenvalue weighted by molar-refractivity contribution is 5.90. The van der Waals surface area contributed by atoms with Crippen LogP contribution in [0, 0.1) is 0 Å².